The first-order valence-corrected chi connectivity index (χ1v) is 6.79. The van der Waals surface area contributed by atoms with Crippen molar-refractivity contribution in [1.82, 2.24) is 4.31 Å². The molecule has 0 aliphatic carbocycles. The van der Waals surface area contributed by atoms with E-state index in [1.807, 2.05) is 6.92 Å². The highest BCUT2D eigenvalue weighted by molar-refractivity contribution is 7.94. The van der Waals surface area contributed by atoms with Gasteiger partial charge in [-0.1, -0.05) is 13.3 Å². The zero-order valence-electron chi connectivity index (χ0n) is 10.1. The molecule has 94 valence electrons. The third-order valence-electron chi connectivity index (χ3n) is 2.95. The van der Waals surface area contributed by atoms with E-state index in [2.05, 4.69) is 0 Å². The monoisotopic (exact) mass is 249 g/mol. The molecule has 6 heteroatoms. The van der Waals surface area contributed by atoms with Crippen molar-refractivity contribution in [2.24, 2.45) is 0 Å². The van der Waals surface area contributed by atoms with Crippen LogP contribution in [0, 0.1) is 0 Å². The van der Waals surface area contributed by atoms with Crippen LogP contribution >= 0.6 is 0 Å². The van der Waals surface area contributed by atoms with Gasteiger partial charge in [0.15, 0.2) is 4.75 Å². The van der Waals surface area contributed by atoms with Crippen LogP contribution in [-0.2, 0) is 14.8 Å². The summed E-state index contributed by atoms with van der Waals surface area (Å²) in [6.07, 6.45) is 1.20. The van der Waals surface area contributed by atoms with Crippen LogP contribution in [0.2, 0.25) is 0 Å². The average molecular weight is 249 g/mol. The predicted molar refractivity (Wildman–Crippen MR) is 60.2 cm³/mol. The van der Waals surface area contributed by atoms with Crippen molar-refractivity contribution in [3.8, 4) is 0 Å². The Kier molecular flexibility index (Phi) is 3.11. The van der Waals surface area contributed by atoms with Gasteiger partial charge in [-0.15, -0.1) is 0 Å². The summed E-state index contributed by atoms with van der Waals surface area (Å²) in [5, 5.41) is 9.91. The van der Waals surface area contributed by atoms with Crippen LogP contribution in [0.5, 0.6) is 0 Å². The van der Waals surface area contributed by atoms with Gasteiger partial charge in [0, 0.05) is 0 Å². The number of aliphatic hydroxyl groups is 1. The van der Waals surface area contributed by atoms with Crippen LogP contribution in [0.1, 0.15) is 40.5 Å². The van der Waals surface area contributed by atoms with Crippen molar-refractivity contribution in [3.63, 3.8) is 0 Å². The number of β-amino-alcohol motifs (C(OH)–C–C–N with tert-alkyl or cyclic N) is 1. The summed E-state index contributed by atoms with van der Waals surface area (Å²) in [7, 11) is -3.58. The Morgan fingerprint density at radius 3 is 2.31 bits per heavy atom. The van der Waals surface area contributed by atoms with Crippen molar-refractivity contribution in [2.45, 2.75) is 50.9 Å². The topological polar surface area (TPSA) is 74.7 Å². The lowest BCUT2D eigenvalue weighted by molar-refractivity contribution is -0.134. The minimum atomic E-state index is -3.58. The normalized spacial score (nSPS) is 26.1. The third-order valence-corrected chi connectivity index (χ3v) is 5.29. The second-order valence-electron chi connectivity index (χ2n) is 5.07. The summed E-state index contributed by atoms with van der Waals surface area (Å²) in [5.74, 6) is -0.441. The van der Waals surface area contributed by atoms with Crippen molar-refractivity contribution in [2.75, 3.05) is 6.54 Å². The first-order valence-electron chi connectivity index (χ1n) is 5.35. The molecule has 1 N–H and O–H groups in total. The smallest absolute Gasteiger partial charge is 0.258 e. The molecule has 1 heterocycles. The third kappa shape index (κ3) is 1.84. The fraction of sp³-hybridized carbons (Fsp3) is 0.900. The summed E-state index contributed by atoms with van der Waals surface area (Å²) in [5.41, 5.74) is -1.14. The van der Waals surface area contributed by atoms with Crippen molar-refractivity contribution in [3.05, 3.63) is 0 Å². The van der Waals surface area contributed by atoms with E-state index in [-0.39, 0.29) is 6.54 Å². The molecule has 0 saturated carbocycles. The van der Waals surface area contributed by atoms with E-state index in [0.717, 1.165) is 10.7 Å². The molecule has 0 bridgehead atoms. The Hall–Kier alpha value is -0.620. The van der Waals surface area contributed by atoms with E-state index in [1.54, 1.807) is 6.92 Å². The number of carbonyl (C=O) groups excluding carboxylic acids is 1. The Morgan fingerprint density at radius 1 is 1.44 bits per heavy atom. The quantitative estimate of drug-likeness (QED) is 0.786. The molecule has 1 rings (SSSR count). The number of hydrogen-bond acceptors (Lipinski definition) is 4. The largest absolute Gasteiger partial charge is 0.388 e. The maximum atomic E-state index is 11.8. The van der Waals surface area contributed by atoms with Crippen LogP contribution < -0.4 is 0 Å². The van der Waals surface area contributed by atoms with Crippen molar-refractivity contribution < 1.29 is 18.3 Å². The summed E-state index contributed by atoms with van der Waals surface area (Å²) in [4.78, 5) is 11.6. The van der Waals surface area contributed by atoms with Gasteiger partial charge in [-0.3, -0.25) is 4.79 Å². The van der Waals surface area contributed by atoms with E-state index in [0.29, 0.717) is 6.42 Å². The van der Waals surface area contributed by atoms with Gasteiger partial charge in [0.25, 0.3) is 15.9 Å². The summed E-state index contributed by atoms with van der Waals surface area (Å²) in [6.45, 7) is 6.06. The lowest BCUT2D eigenvalue weighted by atomic mass is 10.0. The van der Waals surface area contributed by atoms with Crippen molar-refractivity contribution in [1.29, 1.82) is 0 Å². The molecule has 5 nitrogen and oxygen atoms in total. The number of carbonyl (C=O) groups is 1. The van der Waals surface area contributed by atoms with Crippen LogP contribution in [0.4, 0.5) is 0 Å². The van der Waals surface area contributed by atoms with Gasteiger partial charge in [0.2, 0.25) is 0 Å². The molecule has 1 amide bonds. The lowest BCUT2D eigenvalue weighted by Gasteiger charge is -2.45. The molecule has 1 saturated heterocycles. The Labute approximate surface area is 96.5 Å². The molecule has 0 aromatic carbocycles. The van der Waals surface area contributed by atoms with Crippen molar-refractivity contribution >= 4 is 15.9 Å². The maximum absolute atomic E-state index is 11.8. The number of sulfonamides is 1. The van der Waals surface area contributed by atoms with Crippen LogP contribution in [0.3, 0.4) is 0 Å². The predicted octanol–water partition coefficient (Wildman–Crippen LogP) is 0.488. The highest BCUT2D eigenvalue weighted by Gasteiger charge is 2.60. The molecule has 0 spiro atoms. The molecule has 1 aliphatic rings. The van der Waals surface area contributed by atoms with Crippen LogP contribution in [-0.4, -0.2) is 40.6 Å². The van der Waals surface area contributed by atoms with Gasteiger partial charge >= 0.3 is 0 Å². The molecule has 1 unspecified atom stereocenters. The molecule has 0 aromatic heterocycles. The molecule has 0 aromatic rings. The molecule has 16 heavy (non-hydrogen) atoms. The van der Waals surface area contributed by atoms with E-state index >= 15 is 0 Å². The molecular formula is C10H19NO4S. The Bertz CT molecular complexity index is 397. The zero-order valence-corrected chi connectivity index (χ0v) is 11.0. The Balaban J connectivity index is 2.84. The number of amides is 1. The average Bonchev–Trinajstić information content (AvgIpc) is 2.12. The maximum Gasteiger partial charge on any atom is 0.258 e. The molecule has 0 radical (unpaired) electrons. The van der Waals surface area contributed by atoms with Crippen LogP contribution in [0.25, 0.3) is 0 Å². The van der Waals surface area contributed by atoms with Gasteiger partial charge < -0.3 is 5.11 Å². The standard InChI is InChI=1S/C10H19NO4S/c1-5-6-10(4,13)7-11-8(12)9(2,3)16(11,14)15/h13H,5-7H2,1-4H3. The summed E-state index contributed by atoms with van der Waals surface area (Å²) < 4.78 is 23.0. The van der Waals surface area contributed by atoms with Gasteiger partial charge in [-0.2, -0.15) is 0 Å². The summed E-state index contributed by atoms with van der Waals surface area (Å²) >= 11 is 0. The number of hydrogen-bond donors (Lipinski definition) is 1. The van der Waals surface area contributed by atoms with Gasteiger partial charge in [0.1, 0.15) is 0 Å². The molecular weight excluding hydrogens is 230 g/mol. The van der Waals surface area contributed by atoms with E-state index in [1.165, 1.54) is 13.8 Å². The second kappa shape index (κ2) is 3.70. The van der Waals surface area contributed by atoms with E-state index in [4.69, 9.17) is 0 Å². The minimum absolute atomic E-state index is 0.147. The fourth-order valence-corrected chi connectivity index (χ4v) is 3.48. The minimum Gasteiger partial charge on any atom is -0.388 e. The van der Waals surface area contributed by atoms with Gasteiger partial charge in [-0.05, 0) is 27.2 Å². The van der Waals surface area contributed by atoms with E-state index in [9.17, 15) is 18.3 Å². The lowest BCUT2D eigenvalue weighted by Crippen LogP contribution is -2.69. The number of rotatable bonds is 4. The Morgan fingerprint density at radius 2 is 1.94 bits per heavy atom. The number of nitrogens with zero attached hydrogens (tertiary/aromatic N) is 1. The molecule has 1 fully saturated rings. The molecule has 1 atom stereocenters. The summed E-state index contributed by atoms with van der Waals surface area (Å²) in [6, 6.07) is 0. The zero-order chi connectivity index (χ0) is 12.8. The van der Waals surface area contributed by atoms with E-state index < -0.39 is 26.3 Å². The fourth-order valence-electron chi connectivity index (χ4n) is 1.84. The van der Waals surface area contributed by atoms with Gasteiger partial charge in [0.05, 0.1) is 12.1 Å². The highest BCUT2D eigenvalue weighted by atomic mass is 32.2. The first kappa shape index (κ1) is 13.4. The van der Waals surface area contributed by atoms with Gasteiger partial charge in [-0.25, -0.2) is 12.7 Å². The highest BCUT2D eigenvalue weighted by Crippen LogP contribution is 2.36. The SMILES string of the molecule is CCCC(C)(O)CN1C(=O)C(C)(C)S1(=O)=O. The first-order chi connectivity index (χ1) is 7.06. The van der Waals surface area contributed by atoms with Crippen LogP contribution in [0.15, 0.2) is 0 Å². The second-order valence-corrected chi connectivity index (χ2v) is 7.49. The molecule has 1 aliphatic heterocycles.